The molecule has 1 saturated heterocycles. The Labute approximate surface area is 188 Å². The minimum atomic E-state index is 0.728. The molecule has 0 unspecified atom stereocenters. The molecule has 7 heteroatoms. The highest BCUT2D eigenvalue weighted by Gasteiger charge is 2.12. The number of aromatic nitrogens is 4. The van der Waals surface area contributed by atoms with Crippen LogP contribution >= 0.6 is 0 Å². The van der Waals surface area contributed by atoms with Gasteiger partial charge in [-0.1, -0.05) is 19.2 Å². The van der Waals surface area contributed by atoms with Crippen LogP contribution in [-0.4, -0.2) is 45.9 Å². The minimum absolute atomic E-state index is 0.728. The predicted octanol–water partition coefficient (Wildman–Crippen LogP) is 2.00. The van der Waals surface area contributed by atoms with Gasteiger partial charge in [-0.2, -0.15) is 5.10 Å². The summed E-state index contributed by atoms with van der Waals surface area (Å²) < 4.78 is 1.77. The van der Waals surface area contributed by atoms with E-state index < -0.39 is 0 Å². The summed E-state index contributed by atoms with van der Waals surface area (Å²) in [5.74, 6) is 1.70. The van der Waals surface area contributed by atoms with E-state index in [2.05, 4.69) is 55.9 Å². The van der Waals surface area contributed by atoms with Crippen LogP contribution in [-0.2, 0) is 7.05 Å². The largest absolute Gasteiger partial charge is 0.354 e. The predicted molar refractivity (Wildman–Crippen MR) is 132 cm³/mol. The van der Waals surface area contributed by atoms with Crippen LogP contribution in [0.2, 0.25) is 0 Å². The normalized spacial score (nSPS) is 15.1. The molecule has 4 rings (SSSR count). The van der Waals surface area contributed by atoms with Gasteiger partial charge in [0.15, 0.2) is 0 Å². The third kappa shape index (κ3) is 4.95. The average molecular weight is 428 g/mol. The van der Waals surface area contributed by atoms with Crippen LogP contribution in [0.25, 0.3) is 23.4 Å². The van der Waals surface area contributed by atoms with Crippen molar-refractivity contribution < 1.29 is 0 Å². The molecule has 0 bridgehead atoms. The monoisotopic (exact) mass is 427 g/mol. The molecular formula is C25H29N7. The van der Waals surface area contributed by atoms with E-state index in [-0.39, 0.29) is 0 Å². The highest BCUT2D eigenvalue weighted by Crippen LogP contribution is 2.19. The molecule has 1 fully saturated rings. The molecule has 0 atom stereocenters. The maximum absolute atomic E-state index is 4.57. The summed E-state index contributed by atoms with van der Waals surface area (Å²) in [7, 11) is 1.90. The van der Waals surface area contributed by atoms with Crippen LogP contribution in [0.4, 0.5) is 11.6 Å². The summed E-state index contributed by atoms with van der Waals surface area (Å²) in [6.45, 7) is 14.3. The van der Waals surface area contributed by atoms with Crippen molar-refractivity contribution in [3.8, 4) is 0 Å². The van der Waals surface area contributed by atoms with E-state index in [1.807, 2.05) is 57.0 Å². The maximum atomic E-state index is 4.57. The lowest BCUT2D eigenvalue weighted by molar-refractivity contribution is 0.585. The second kappa shape index (κ2) is 9.62. The Bertz CT molecular complexity index is 1250. The first kappa shape index (κ1) is 21.5. The van der Waals surface area contributed by atoms with Crippen molar-refractivity contribution in [2.45, 2.75) is 6.92 Å². The van der Waals surface area contributed by atoms with Crippen LogP contribution in [0.5, 0.6) is 0 Å². The van der Waals surface area contributed by atoms with Crippen molar-refractivity contribution in [3.63, 3.8) is 0 Å². The summed E-state index contributed by atoms with van der Waals surface area (Å²) >= 11 is 0. The van der Waals surface area contributed by atoms with Gasteiger partial charge in [0.25, 0.3) is 0 Å². The number of nitrogens with zero attached hydrogens (tertiary/aromatic N) is 5. The zero-order chi connectivity index (χ0) is 22.5. The van der Waals surface area contributed by atoms with Crippen molar-refractivity contribution in [1.82, 2.24) is 25.1 Å². The lowest BCUT2D eigenvalue weighted by atomic mass is 10.1. The third-order valence-corrected chi connectivity index (χ3v) is 5.50. The van der Waals surface area contributed by atoms with E-state index in [4.69, 9.17) is 0 Å². The van der Waals surface area contributed by atoms with Gasteiger partial charge in [0.05, 0.1) is 6.20 Å². The SMILES string of the molecule is C=C(/C=c1/cc(NC(=C)c2ccnc(N3CCNCC3)c2)nc/c1=C/C)c1cnn(C)c1. The molecule has 0 radical (unpaired) electrons. The molecule has 4 heterocycles. The second-order valence-corrected chi connectivity index (χ2v) is 7.80. The van der Waals surface area contributed by atoms with E-state index in [9.17, 15) is 0 Å². The fraction of sp³-hybridized carbons (Fsp3) is 0.240. The molecule has 0 spiro atoms. The standard InChI is InChI=1S/C25H29N7/c1-5-20-15-28-24(13-22(20)12-18(2)23-16-29-31(4)17-23)30-19(3)21-6-7-27-25(14-21)32-10-8-26-9-11-32/h5-7,12-17,26,30H,2-3,8-11H2,1,4H3/b20-5-,22-12-. The number of rotatable bonds is 6. The van der Waals surface area contributed by atoms with Crippen molar-refractivity contribution in [3.05, 3.63) is 77.7 Å². The average Bonchev–Trinajstić information content (AvgIpc) is 3.26. The molecule has 1 aliphatic rings. The molecule has 0 aromatic carbocycles. The van der Waals surface area contributed by atoms with E-state index in [1.165, 1.54) is 0 Å². The van der Waals surface area contributed by atoms with E-state index in [0.29, 0.717) is 0 Å². The number of pyridine rings is 2. The first-order chi connectivity index (χ1) is 15.5. The van der Waals surface area contributed by atoms with Gasteiger partial charge in [-0.3, -0.25) is 4.68 Å². The molecule has 32 heavy (non-hydrogen) atoms. The Morgan fingerprint density at radius 1 is 1.09 bits per heavy atom. The van der Waals surface area contributed by atoms with Gasteiger partial charge in [-0.15, -0.1) is 0 Å². The number of anilines is 2. The Morgan fingerprint density at radius 3 is 2.62 bits per heavy atom. The van der Waals surface area contributed by atoms with Crippen molar-refractivity contribution in [2.75, 3.05) is 36.4 Å². The molecule has 164 valence electrons. The lowest BCUT2D eigenvalue weighted by Gasteiger charge is -2.28. The van der Waals surface area contributed by atoms with Crippen molar-refractivity contribution >= 4 is 35.1 Å². The van der Waals surface area contributed by atoms with Gasteiger partial charge in [0.2, 0.25) is 0 Å². The van der Waals surface area contributed by atoms with Gasteiger partial charge in [0, 0.05) is 68.6 Å². The van der Waals surface area contributed by atoms with Gasteiger partial charge < -0.3 is 15.5 Å². The number of nitrogens with one attached hydrogen (secondary N) is 2. The Morgan fingerprint density at radius 2 is 1.91 bits per heavy atom. The topological polar surface area (TPSA) is 70.9 Å². The van der Waals surface area contributed by atoms with Crippen LogP contribution in [0.3, 0.4) is 0 Å². The smallest absolute Gasteiger partial charge is 0.130 e. The maximum Gasteiger partial charge on any atom is 0.130 e. The quantitative estimate of drug-likeness (QED) is 0.627. The third-order valence-electron chi connectivity index (χ3n) is 5.50. The van der Waals surface area contributed by atoms with E-state index in [0.717, 1.165) is 70.6 Å². The molecule has 3 aromatic heterocycles. The molecule has 0 saturated carbocycles. The summed E-state index contributed by atoms with van der Waals surface area (Å²) in [5.41, 5.74) is 3.66. The highest BCUT2D eigenvalue weighted by molar-refractivity contribution is 5.86. The number of allylic oxidation sites excluding steroid dienone is 1. The Hall–Kier alpha value is -3.71. The van der Waals surface area contributed by atoms with Crippen LogP contribution < -0.4 is 26.0 Å². The van der Waals surface area contributed by atoms with Gasteiger partial charge in [-0.25, -0.2) is 9.97 Å². The summed E-state index contributed by atoms with van der Waals surface area (Å²) in [6.07, 6.45) is 11.6. The zero-order valence-electron chi connectivity index (χ0n) is 18.7. The molecule has 3 aromatic rings. The zero-order valence-corrected chi connectivity index (χ0v) is 18.7. The lowest BCUT2D eigenvalue weighted by Crippen LogP contribution is -2.43. The molecule has 7 nitrogen and oxygen atoms in total. The first-order valence-corrected chi connectivity index (χ1v) is 10.7. The molecule has 1 aliphatic heterocycles. The highest BCUT2D eigenvalue weighted by atomic mass is 15.2. The van der Waals surface area contributed by atoms with Crippen LogP contribution in [0.1, 0.15) is 18.1 Å². The number of piperazine rings is 1. The van der Waals surface area contributed by atoms with E-state index in [1.54, 1.807) is 4.68 Å². The van der Waals surface area contributed by atoms with Crippen LogP contribution in [0, 0.1) is 0 Å². The molecule has 0 amide bonds. The van der Waals surface area contributed by atoms with Gasteiger partial charge in [0.1, 0.15) is 11.6 Å². The van der Waals surface area contributed by atoms with Gasteiger partial charge >= 0.3 is 0 Å². The second-order valence-electron chi connectivity index (χ2n) is 7.80. The van der Waals surface area contributed by atoms with E-state index >= 15 is 0 Å². The fourth-order valence-electron chi connectivity index (χ4n) is 3.67. The minimum Gasteiger partial charge on any atom is -0.354 e. The molecular weight excluding hydrogens is 398 g/mol. The van der Waals surface area contributed by atoms with Crippen LogP contribution in [0.15, 0.2) is 56.1 Å². The summed E-state index contributed by atoms with van der Waals surface area (Å²) in [4.78, 5) is 11.4. The Kier molecular flexibility index (Phi) is 6.47. The number of hydrogen-bond donors (Lipinski definition) is 2. The fourth-order valence-corrected chi connectivity index (χ4v) is 3.67. The number of hydrogen-bond acceptors (Lipinski definition) is 6. The summed E-state index contributed by atoms with van der Waals surface area (Å²) in [5, 5.41) is 13.0. The van der Waals surface area contributed by atoms with Crippen molar-refractivity contribution in [1.29, 1.82) is 0 Å². The first-order valence-electron chi connectivity index (χ1n) is 10.7. The van der Waals surface area contributed by atoms with Crippen molar-refractivity contribution in [2.24, 2.45) is 7.05 Å². The Balaban J connectivity index is 1.57. The summed E-state index contributed by atoms with van der Waals surface area (Å²) in [6, 6.07) is 6.05. The molecule has 2 N–H and O–H groups in total. The van der Waals surface area contributed by atoms with Gasteiger partial charge in [-0.05, 0) is 47.2 Å². The molecule has 0 aliphatic carbocycles. The number of aryl methyl sites for hydroxylation is 1.